The Hall–Kier alpha value is -1.94. The highest BCUT2D eigenvalue weighted by Crippen LogP contribution is 2.41. The van der Waals surface area contributed by atoms with Crippen molar-refractivity contribution in [2.24, 2.45) is 5.92 Å². The smallest absolute Gasteiger partial charge is 0.320 e. The molecule has 1 aromatic heterocycles. The average Bonchev–Trinajstić information content (AvgIpc) is 3.29. The Morgan fingerprint density at radius 2 is 2.23 bits per heavy atom. The topological polar surface area (TPSA) is 136 Å². The zero-order valence-electron chi connectivity index (χ0n) is 18.8. The first-order chi connectivity index (χ1) is 14.8. The van der Waals surface area contributed by atoms with E-state index >= 15 is 0 Å². The third kappa shape index (κ3) is 5.85. The number of nitrogens with two attached hydrogens (primary N) is 1. The van der Waals surface area contributed by atoms with Crippen molar-refractivity contribution in [2.75, 3.05) is 54.3 Å². The average molecular weight is 456 g/mol. The molecule has 0 aromatic carbocycles. The molecule has 1 aromatic rings. The Bertz CT molecular complexity index is 769. The lowest BCUT2D eigenvalue weighted by Gasteiger charge is -2.28. The number of rotatable bonds is 10. The van der Waals surface area contributed by atoms with E-state index in [1.165, 1.54) is 0 Å². The van der Waals surface area contributed by atoms with Crippen LogP contribution >= 0.6 is 8.30 Å². The largest absolute Gasteiger partial charge is 0.462 e. The van der Waals surface area contributed by atoms with Gasteiger partial charge in [0.25, 0.3) is 0 Å². The summed E-state index contributed by atoms with van der Waals surface area (Å²) in [5.74, 6) is 1.66. The number of esters is 1. The van der Waals surface area contributed by atoms with Crippen LogP contribution in [-0.2, 0) is 18.8 Å². The highest BCUT2D eigenvalue weighted by Gasteiger charge is 2.40. The molecule has 0 spiro atoms. The van der Waals surface area contributed by atoms with Gasteiger partial charge in [-0.15, -0.1) is 0 Å². The number of hydrogen-bond acceptors (Lipinski definition) is 11. The number of nitrogens with zero attached hydrogens (tertiary/aromatic N) is 3. The molecule has 11 nitrogen and oxygen atoms in total. The van der Waals surface area contributed by atoms with E-state index in [0.29, 0.717) is 19.1 Å². The minimum atomic E-state index is -0.926. The van der Waals surface area contributed by atoms with Gasteiger partial charge >= 0.3 is 5.97 Å². The number of carbonyl (C=O) groups is 1. The van der Waals surface area contributed by atoms with Gasteiger partial charge in [0, 0.05) is 19.1 Å². The van der Waals surface area contributed by atoms with Crippen LogP contribution in [0.5, 0.6) is 0 Å². The van der Waals surface area contributed by atoms with Crippen molar-refractivity contribution >= 4 is 37.5 Å². The number of aromatic nitrogens is 2. The Labute approximate surface area is 184 Å². The van der Waals surface area contributed by atoms with Crippen LogP contribution in [-0.4, -0.2) is 67.4 Å². The van der Waals surface area contributed by atoms with Gasteiger partial charge in [0.1, 0.15) is 20.2 Å². The van der Waals surface area contributed by atoms with Crippen LogP contribution in [0.4, 0.5) is 23.3 Å². The van der Waals surface area contributed by atoms with Crippen LogP contribution in [0.1, 0.15) is 34.1 Å². The summed E-state index contributed by atoms with van der Waals surface area (Å²) < 4.78 is 17.5. The molecule has 2 aliphatic heterocycles. The van der Waals surface area contributed by atoms with E-state index in [9.17, 15) is 4.79 Å². The normalized spacial score (nSPS) is 23.5. The minimum Gasteiger partial charge on any atom is -0.462 e. The maximum absolute atomic E-state index is 11.7. The summed E-state index contributed by atoms with van der Waals surface area (Å²) in [6.07, 6.45) is 1.38. The predicted octanol–water partition coefficient (Wildman–Crippen LogP) is 1.93. The van der Waals surface area contributed by atoms with Gasteiger partial charge in [-0.25, -0.2) is 0 Å². The predicted molar refractivity (Wildman–Crippen MR) is 122 cm³/mol. The zero-order valence-corrected chi connectivity index (χ0v) is 19.7. The molecular formula is C19H34N7O4P. The van der Waals surface area contributed by atoms with Gasteiger partial charge in [-0.1, -0.05) is 13.8 Å². The number of nitrogen functional groups attached to an aromatic ring is 1. The number of carbonyl (C=O) groups excluding carboxylic acids is 1. The molecule has 1 fully saturated rings. The number of hydrogen-bond donors (Lipinski definition) is 4. The van der Waals surface area contributed by atoms with E-state index < -0.39 is 8.30 Å². The fourth-order valence-electron chi connectivity index (χ4n) is 3.75. The lowest BCUT2D eigenvalue weighted by molar-refractivity contribution is -0.145. The van der Waals surface area contributed by atoms with Crippen molar-refractivity contribution < 1.29 is 18.8 Å². The van der Waals surface area contributed by atoms with E-state index in [0.717, 1.165) is 24.1 Å². The quantitative estimate of drug-likeness (QED) is 0.304. The minimum absolute atomic E-state index is 0.0343. The van der Waals surface area contributed by atoms with Gasteiger partial charge in [0.05, 0.1) is 32.0 Å². The molecule has 12 heteroatoms. The first-order valence-electron chi connectivity index (χ1n) is 10.7. The van der Waals surface area contributed by atoms with E-state index in [1.807, 2.05) is 20.8 Å². The van der Waals surface area contributed by atoms with E-state index in [2.05, 4.69) is 37.5 Å². The highest BCUT2D eigenvalue weighted by atomic mass is 31.2. The number of nitrogens with one attached hydrogen (secondary N) is 3. The number of anilines is 4. The third-order valence-electron chi connectivity index (χ3n) is 5.07. The molecule has 0 bridgehead atoms. The molecule has 31 heavy (non-hydrogen) atoms. The molecule has 0 aliphatic carbocycles. The summed E-state index contributed by atoms with van der Waals surface area (Å²) in [6.45, 7) is 9.05. The molecule has 1 saturated heterocycles. The van der Waals surface area contributed by atoms with Crippen molar-refractivity contribution in [3.05, 3.63) is 0 Å². The summed E-state index contributed by atoms with van der Waals surface area (Å²) in [6, 6.07) is 0. The van der Waals surface area contributed by atoms with Crippen molar-refractivity contribution in [1.82, 2.24) is 15.1 Å². The number of ether oxygens (including phenoxy) is 2. The summed E-state index contributed by atoms with van der Waals surface area (Å²) in [5.41, 5.74) is 6.72. The van der Waals surface area contributed by atoms with Crippen LogP contribution in [0.2, 0.25) is 0 Å². The van der Waals surface area contributed by atoms with Crippen LogP contribution in [0.3, 0.4) is 0 Å². The lowest BCUT2D eigenvalue weighted by Crippen LogP contribution is -2.39. The summed E-state index contributed by atoms with van der Waals surface area (Å²) in [5, 5.41) is 9.54. The fourth-order valence-corrected chi connectivity index (χ4v) is 4.90. The molecule has 0 saturated carbocycles. The maximum atomic E-state index is 11.7. The standard InChI is InChI=1S/C19H34N7O4P/c1-6-31(23-8-14(27)29-11(2)3)28-9-13-7-12(4)18(30-13)26-10-22-15-16(21-5)24-19(20)25-17(15)26/h11-13,18,22-23H,6-10H2,1-5H3,(H3,20,21,24,25)/t12?,13?,18?,31-/m1/s1. The molecule has 174 valence electrons. The van der Waals surface area contributed by atoms with Crippen molar-refractivity contribution in [3.8, 4) is 0 Å². The van der Waals surface area contributed by atoms with Gasteiger partial charge in [0.15, 0.2) is 11.6 Å². The van der Waals surface area contributed by atoms with Crippen molar-refractivity contribution in [3.63, 3.8) is 0 Å². The molecule has 4 atom stereocenters. The van der Waals surface area contributed by atoms with E-state index in [-0.39, 0.29) is 42.8 Å². The third-order valence-corrected chi connectivity index (χ3v) is 6.62. The molecule has 5 N–H and O–H groups in total. The molecule has 2 aliphatic rings. The Morgan fingerprint density at radius 1 is 1.45 bits per heavy atom. The SMILES string of the molecule is CC[P@](NCC(=O)OC(C)C)OCC1CC(C)C(N2CNc3c(NC)nc(N)nc32)O1. The Morgan fingerprint density at radius 3 is 2.90 bits per heavy atom. The first kappa shape index (κ1) is 23.7. The second-order valence-corrected chi connectivity index (χ2v) is 9.87. The summed E-state index contributed by atoms with van der Waals surface area (Å²) in [4.78, 5) is 22.5. The van der Waals surface area contributed by atoms with Gasteiger partial charge in [-0.05, 0) is 20.3 Å². The van der Waals surface area contributed by atoms with Crippen LogP contribution in [0.15, 0.2) is 0 Å². The molecule has 0 amide bonds. The van der Waals surface area contributed by atoms with Crippen LogP contribution < -0.4 is 26.4 Å². The van der Waals surface area contributed by atoms with Crippen molar-refractivity contribution in [1.29, 1.82) is 0 Å². The summed E-state index contributed by atoms with van der Waals surface area (Å²) in [7, 11) is 0.876. The maximum Gasteiger partial charge on any atom is 0.320 e. The van der Waals surface area contributed by atoms with Crippen LogP contribution in [0.25, 0.3) is 0 Å². The second-order valence-electron chi connectivity index (χ2n) is 7.91. The molecule has 3 heterocycles. The van der Waals surface area contributed by atoms with Crippen LogP contribution in [0, 0.1) is 5.92 Å². The Balaban J connectivity index is 1.54. The van der Waals surface area contributed by atoms with Gasteiger partial charge < -0.3 is 35.3 Å². The van der Waals surface area contributed by atoms with Crippen molar-refractivity contribution in [2.45, 2.75) is 52.6 Å². The molecule has 0 radical (unpaired) electrons. The van der Waals surface area contributed by atoms with E-state index in [1.54, 1.807) is 7.05 Å². The molecule has 3 rings (SSSR count). The van der Waals surface area contributed by atoms with Gasteiger partial charge in [-0.3, -0.25) is 9.88 Å². The molecular weight excluding hydrogens is 421 g/mol. The van der Waals surface area contributed by atoms with Gasteiger partial charge in [0.2, 0.25) is 5.95 Å². The zero-order chi connectivity index (χ0) is 22.5. The van der Waals surface area contributed by atoms with Gasteiger partial charge in [-0.2, -0.15) is 9.97 Å². The number of fused-ring (bicyclic) bond motifs is 1. The monoisotopic (exact) mass is 455 g/mol. The fraction of sp³-hybridized carbons (Fsp3) is 0.737. The first-order valence-corrected chi connectivity index (χ1v) is 12.1. The second kappa shape index (κ2) is 10.6. The summed E-state index contributed by atoms with van der Waals surface area (Å²) >= 11 is 0. The highest BCUT2D eigenvalue weighted by molar-refractivity contribution is 7.50. The van der Waals surface area contributed by atoms with E-state index in [4.69, 9.17) is 19.7 Å². The molecule has 3 unspecified atom stereocenters. The lowest BCUT2D eigenvalue weighted by atomic mass is 10.1. The Kier molecular flexibility index (Phi) is 8.10.